The molecule has 0 amide bonds. The summed E-state index contributed by atoms with van der Waals surface area (Å²) in [4.78, 5) is 4.61. The van der Waals surface area contributed by atoms with Crippen LogP contribution >= 0.6 is 34.2 Å². The summed E-state index contributed by atoms with van der Waals surface area (Å²) in [7, 11) is 0. The summed E-state index contributed by atoms with van der Waals surface area (Å²) >= 11 is 7.85. The fourth-order valence-electron chi connectivity index (χ4n) is 2.41. The molecule has 102 valence electrons. The summed E-state index contributed by atoms with van der Waals surface area (Å²) in [5, 5.41) is 0. The molecule has 2 aromatic rings. The molecule has 19 heavy (non-hydrogen) atoms. The van der Waals surface area contributed by atoms with Gasteiger partial charge >= 0.3 is 0 Å². The Morgan fingerprint density at radius 1 is 1.42 bits per heavy atom. The molecule has 3 rings (SSSR count). The number of alkyl halides is 1. The third kappa shape index (κ3) is 2.89. The van der Waals surface area contributed by atoms with E-state index in [9.17, 15) is 4.39 Å². The highest BCUT2D eigenvalue weighted by Gasteiger charge is 2.22. The van der Waals surface area contributed by atoms with Crippen LogP contribution in [0.1, 0.15) is 25.1 Å². The molecular formula is C14H15ClFIN2. The SMILES string of the molecule is Fc1cc2c(cc1I)nc(CCCl)n2CCC1CC1. The first-order valence-electron chi connectivity index (χ1n) is 6.59. The topological polar surface area (TPSA) is 17.8 Å². The van der Waals surface area contributed by atoms with Gasteiger partial charge in [0.1, 0.15) is 11.6 Å². The highest BCUT2D eigenvalue weighted by molar-refractivity contribution is 14.1. The van der Waals surface area contributed by atoms with Gasteiger partial charge in [-0.15, -0.1) is 11.6 Å². The average molecular weight is 393 g/mol. The van der Waals surface area contributed by atoms with E-state index < -0.39 is 0 Å². The van der Waals surface area contributed by atoms with E-state index in [4.69, 9.17) is 11.6 Å². The van der Waals surface area contributed by atoms with Gasteiger partial charge < -0.3 is 4.57 Å². The molecule has 1 aromatic heterocycles. The lowest BCUT2D eigenvalue weighted by molar-refractivity contribution is 0.585. The maximum Gasteiger partial charge on any atom is 0.138 e. The molecule has 1 fully saturated rings. The molecule has 1 aliphatic carbocycles. The van der Waals surface area contributed by atoms with E-state index in [1.165, 1.54) is 12.8 Å². The van der Waals surface area contributed by atoms with E-state index in [2.05, 4.69) is 9.55 Å². The second-order valence-electron chi connectivity index (χ2n) is 5.11. The monoisotopic (exact) mass is 392 g/mol. The fourth-order valence-corrected chi connectivity index (χ4v) is 3.03. The number of hydrogen-bond acceptors (Lipinski definition) is 1. The number of halogens is 3. The van der Waals surface area contributed by atoms with E-state index in [1.807, 2.05) is 28.7 Å². The highest BCUT2D eigenvalue weighted by Crippen LogP contribution is 2.33. The molecule has 5 heteroatoms. The molecular weight excluding hydrogens is 378 g/mol. The van der Waals surface area contributed by atoms with Gasteiger partial charge in [-0.3, -0.25) is 0 Å². The van der Waals surface area contributed by atoms with Crippen molar-refractivity contribution in [2.45, 2.75) is 32.2 Å². The maximum absolute atomic E-state index is 13.8. The summed E-state index contributed by atoms with van der Waals surface area (Å²) in [6.45, 7) is 0.924. The molecule has 0 radical (unpaired) electrons. The summed E-state index contributed by atoms with van der Waals surface area (Å²) in [6, 6.07) is 3.42. The van der Waals surface area contributed by atoms with Crippen molar-refractivity contribution in [3.05, 3.63) is 27.3 Å². The predicted molar refractivity (Wildman–Crippen MR) is 84.2 cm³/mol. The van der Waals surface area contributed by atoms with Gasteiger partial charge in [-0.2, -0.15) is 0 Å². The van der Waals surface area contributed by atoms with Gasteiger partial charge in [0, 0.05) is 24.9 Å². The number of hydrogen-bond donors (Lipinski definition) is 0. The van der Waals surface area contributed by atoms with Gasteiger partial charge in [-0.25, -0.2) is 9.37 Å². The van der Waals surface area contributed by atoms with Crippen molar-refractivity contribution in [2.24, 2.45) is 5.92 Å². The molecule has 0 bridgehead atoms. The van der Waals surface area contributed by atoms with Crippen LogP contribution in [0, 0.1) is 15.3 Å². The lowest BCUT2D eigenvalue weighted by atomic mass is 10.2. The molecule has 0 N–H and O–H groups in total. The van der Waals surface area contributed by atoms with Gasteiger partial charge in [0.2, 0.25) is 0 Å². The van der Waals surface area contributed by atoms with Crippen molar-refractivity contribution in [1.82, 2.24) is 9.55 Å². The Hall–Kier alpha value is -0.360. The minimum atomic E-state index is -0.168. The van der Waals surface area contributed by atoms with Crippen LogP contribution in [0.25, 0.3) is 11.0 Å². The normalized spacial score (nSPS) is 15.3. The zero-order valence-electron chi connectivity index (χ0n) is 10.5. The van der Waals surface area contributed by atoms with Crippen LogP contribution in [0.5, 0.6) is 0 Å². The molecule has 1 aliphatic rings. The van der Waals surface area contributed by atoms with Gasteiger partial charge in [-0.1, -0.05) is 12.8 Å². The quantitative estimate of drug-likeness (QED) is 0.546. The summed E-state index contributed by atoms with van der Waals surface area (Å²) < 4.78 is 16.5. The first-order valence-corrected chi connectivity index (χ1v) is 8.20. The maximum atomic E-state index is 13.8. The number of aryl methyl sites for hydroxylation is 2. The Kier molecular flexibility index (Phi) is 3.98. The number of rotatable bonds is 5. The van der Waals surface area contributed by atoms with Crippen LogP contribution in [-0.2, 0) is 13.0 Å². The largest absolute Gasteiger partial charge is 0.328 e. The van der Waals surface area contributed by atoms with E-state index in [-0.39, 0.29) is 5.82 Å². The van der Waals surface area contributed by atoms with E-state index >= 15 is 0 Å². The highest BCUT2D eigenvalue weighted by atomic mass is 127. The van der Waals surface area contributed by atoms with Crippen LogP contribution in [0.2, 0.25) is 0 Å². The number of benzene rings is 1. The first-order chi connectivity index (χ1) is 9.19. The molecule has 0 saturated heterocycles. The second kappa shape index (κ2) is 5.56. The Labute approximate surface area is 130 Å². The Bertz CT molecular complexity index is 607. The molecule has 0 aliphatic heterocycles. The number of fused-ring (bicyclic) bond motifs is 1. The van der Waals surface area contributed by atoms with Gasteiger partial charge in [-0.05, 0) is 41.0 Å². The van der Waals surface area contributed by atoms with Crippen molar-refractivity contribution in [3.8, 4) is 0 Å². The minimum absolute atomic E-state index is 0.168. The van der Waals surface area contributed by atoms with Crippen molar-refractivity contribution in [1.29, 1.82) is 0 Å². The lowest BCUT2D eigenvalue weighted by Crippen LogP contribution is -2.05. The molecule has 2 nitrogen and oxygen atoms in total. The molecule has 0 unspecified atom stereocenters. The second-order valence-corrected chi connectivity index (χ2v) is 6.65. The third-order valence-corrected chi connectivity index (χ3v) is 4.66. The fraction of sp³-hybridized carbons (Fsp3) is 0.500. The third-order valence-electron chi connectivity index (χ3n) is 3.65. The lowest BCUT2D eigenvalue weighted by Gasteiger charge is -2.08. The molecule has 1 saturated carbocycles. The van der Waals surface area contributed by atoms with E-state index in [1.54, 1.807) is 6.07 Å². The predicted octanol–water partition coefficient (Wildman–Crippen LogP) is 4.36. The average Bonchev–Trinajstić information content (AvgIpc) is 3.14. The van der Waals surface area contributed by atoms with Crippen LogP contribution in [0.4, 0.5) is 4.39 Å². The summed E-state index contributed by atoms with van der Waals surface area (Å²) in [5.74, 6) is 2.21. The van der Waals surface area contributed by atoms with Crippen LogP contribution < -0.4 is 0 Å². The van der Waals surface area contributed by atoms with E-state index in [0.29, 0.717) is 9.45 Å². The standard InChI is InChI=1S/C14H15ClFIN2/c15-5-3-14-18-12-8-11(17)10(16)7-13(12)19(14)6-4-9-1-2-9/h7-9H,1-6H2. The van der Waals surface area contributed by atoms with E-state index in [0.717, 1.165) is 42.2 Å². The Balaban J connectivity index is 2.02. The number of imidazole rings is 1. The number of aromatic nitrogens is 2. The summed E-state index contributed by atoms with van der Waals surface area (Å²) in [6.07, 6.45) is 4.57. The molecule has 1 aromatic carbocycles. The molecule has 0 spiro atoms. The zero-order chi connectivity index (χ0) is 13.4. The first kappa shape index (κ1) is 13.6. The summed E-state index contributed by atoms with van der Waals surface area (Å²) in [5.41, 5.74) is 1.78. The van der Waals surface area contributed by atoms with Crippen molar-refractivity contribution < 1.29 is 4.39 Å². The smallest absolute Gasteiger partial charge is 0.138 e. The van der Waals surface area contributed by atoms with Gasteiger partial charge in [0.05, 0.1) is 14.6 Å². The van der Waals surface area contributed by atoms with Crippen molar-refractivity contribution in [3.63, 3.8) is 0 Å². The van der Waals surface area contributed by atoms with Crippen LogP contribution in [-0.4, -0.2) is 15.4 Å². The Morgan fingerprint density at radius 2 is 2.21 bits per heavy atom. The van der Waals surface area contributed by atoms with Crippen molar-refractivity contribution >= 4 is 45.2 Å². The Morgan fingerprint density at radius 3 is 2.89 bits per heavy atom. The van der Waals surface area contributed by atoms with Crippen LogP contribution in [0.3, 0.4) is 0 Å². The minimum Gasteiger partial charge on any atom is -0.328 e. The number of nitrogens with zero attached hydrogens (tertiary/aromatic N) is 2. The zero-order valence-corrected chi connectivity index (χ0v) is 13.4. The van der Waals surface area contributed by atoms with Gasteiger partial charge in [0.15, 0.2) is 0 Å². The van der Waals surface area contributed by atoms with Crippen LogP contribution in [0.15, 0.2) is 12.1 Å². The molecule has 0 atom stereocenters. The molecule has 1 heterocycles. The van der Waals surface area contributed by atoms with Gasteiger partial charge in [0.25, 0.3) is 0 Å². The van der Waals surface area contributed by atoms with Crippen molar-refractivity contribution in [2.75, 3.05) is 5.88 Å².